The summed E-state index contributed by atoms with van der Waals surface area (Å²) < 4.78 is 0. The second-order valence-electron chi connectivity index (χ2n) is 5.60. The molecule has 1 unspecified atom stereocenters. The van der Waals surface area contributed by atoms with E-state index in [1.54, 1.807) is 18.6 Å². The summed E-state index contributed by atoms with van der Waals surface area (Å²) in [5, 5.41) is 10.1. The molecule has 3 N–H and O–H groups in total. The van der Waals surface area contributed by atoms with Crippen LogP contribution in [0.2, 0.25) is 0 Å². The van der Waals surface area contributed by atoms with Crippen molar-refractivity contribution in [3.05, 3.63) is 24.7 Å². The van der Waals surface area contributed by atoms with Crippen LogP contribution in [-0.4, -0.2) is 38.7 Å². The van der Waals surface area contributed by atoms with Gasteiger partial charge in [0.15, 0.2) is 5.65 Å². The molecule has 112 valence electrons. The van der Waals surface area contributed by atoms with Gasteiger partial charge in [0.2, 0.25) is 5.91 Å². The normalized spacial score (nSPS) is 18.9. The number of fused-ring (bicyclic) bond motifs is 3. The Morgan fingerprint density at radius 2 is 2.23 bits per heavy atom. The van der Waals surface area contributed by atoms with Crippen LogP contribution in [0.15, 0.2) is 24.7 Å². The lowest BCUT2D eigenvalue weighted by molar-refractivity contribution is -0.119. The molecule has 3 aromatic rings. The monoisotopic (exact) mass is 296 g/mol. The van der Waals surface area contributed by atoms with Gasteiger partial charge in [-0.25, -0.2) is 9.97 Å². The zero-order valence-electron chi connectivity index (χ0n) is 12.0. The second kappa shape index (κ2) is 4.94. The molecule has 1 fully saturated rings. The van der Waals surface area contributed by atoms with Crippen LogP contribution in [0, 0.1) is 0 Å². The van der Waals surface area contributed by atoms with Crippen molar-refractivity contribution >= 4 is 33.5 Å². The molecule has 0 aromatic carbocycles. The Labute approximate surface area is 126 Å². The molecule has 1 amide bonds. The first-order valence-electron chi connectivity index (χ1n) is 7.38. The van der Waals surface area contributed by atoms with Crippen LogP contribution in [0.3, 0.4) is 0 Å². The SMILES string of the molecule is NC(=O)C1CCCCN1c1[nH]ncc2cnc3nccc3c12. The number of carbonyl (C=O) groups is 1. The highest BCUT2D eigenvalue weighted by atomic mass is 16.1. The number of hydrogen-bond acceptors (Lipinski definition) is 5. The fourth-order valence-electron chi connectivity index (χ4n) is 3.26. The summed E-state index contributed by atoms with van der Waals surface area (Å²) in [5.41, 5.74) is 6.29. The van der Waals surface area contributed by atoms with Crippen molar-refractivity contribution in [2.45, 2.75) is 25.3 Å². The molecule has 22 heavy (non-hydrogen) atoms. The highest BCUT2D eigenvalue weighted by Crippen LogP contribution is 2.33. The van der Waals surface area contributed by atoms with Crippen LogP contribution in [0.4, 0.5) is 5.82 Å². The van der Waals surface area contributed by atoms with E-state index in [1.807, 2.05) is 11.0 Å². The van der Waals surface area contributed by atoms with Crippen LogP contribution in [0.5, 0.6) is 0 Å². The van der Waals surface area contributed by atoms with E-state index in [9.17, 15) is 4.79 Å². The topological polar surface area (TPSA) is 101 Å². The molecule has 7 heteroatoms. The van der Waals surface area contributed by atoms with E-state index in [0.29, 0.717) is 5.65 Å². The zero-order chi connectivity index (χ0) is 15.1. The molecule has 1 aliphatic heterocycles. The zero-order valence-corrected chi connectivity index (χ0v) is 12.0. The minimum atomic E-state index is -0.302. The van der Waals surface area contributed by atoms with Crippen LogP contribution in [0.25, 0.3) is 21.8 Å². The number of nitrogens with two attached hydrogens (primary N) is 1. The summed E-state index contributed by atoms with van der Waals surface area (Å²) in [6, 6.07) is 1.63. The van der Waals surface area contributed by atoms with Gasteiger partial charge in [0.25, 0.3) is 0 Å². The number of rotatable bonds is 2. The predicted molar refractivity (Wildman–Crippen MR) is 83.4 cm³/mol. The maximum atomic E-state index is 11.8. The Morgan fingerprint density at radius 1 is 1.32 bits per heavy atom. The number of H-pyrrole nitrogens is 1. The van der Waals surface area contributed by atoms with Gasteiger partial charge in [0.1, 0.15) is 11.9 Å². The number of carbonyl (C=O) groups excluding carboxylic acids is 1. The molecule has 1 aliphatic rings. The van der Waals surface area contributed by atoms with E-state index in [1.165, 1.54) is 0 Å². The van der Waals surface area contributed by atoms with E-state index in [4.69, 9.17) is 5.73 Å². The van der Waals surface area contributed by atoms with Crippen molar-refractivity contribution in [3.63, 3.8) is 0 Å². The molecule has 7 nitrogen and oxygen atoms in total. The van der Waals surface area contributed by atoms with Crippen molar-refractivity contribution in [1.82, 2.24) is 20.2 Å². The lowest BCUT2D eigenvalue weighted by Crippen LogP contribution is -2.48. The summed E-state index contributed by atoms with van der Waals surface area (Å²) in [4.78, 5) is 22.4. The number of pyridine rings is 1. The summed E-state index contributed by atoms with van der Waals surface area (Å²) in [6.07, 6.45) is 8.05. The molecule has 4 rings (SSSR count). The largest absolute Gasteiger partial charge is 0.368 e. The van der Waals surface area contributed by atoms with Crippen LogP contribution >= 0.6 is 0 Å². The van der Waals surface area contributed by atoms with Gasteiger partial charge < -0.3 is 10.6 Å². The smallest absolute Gasteiger partial charge is 0.240 e. The summed E-state index contributed by atoms with van der Waals surface area (Å²) in [6.45, 7) is 0.781. The number of primary amides is 1. The van der Waals surface area contributed by atoms with Crippen molar-refractivity contribution in [1.29, 1.82) is 0 Å². The highest BCUT2D eigenvalue weighted by molar-refractivity contribution is 6.10. The van der Waals surface area contributed by atoms with Crippen LogP contribution < -0.4 is 10.6 Å². The van der Waals surface area contributed by atoms with E-state index >= 15 is 0 Å². The molecule has 1 saturated heterocycles. The van der Waals surface area contributed by atoms with E-state index < -0.39 is 0 Å². The van der Waals surface area contributed by atoms with E-state index in [-0.39, 0.29) is 11.9 Å². The number of nitrogens with one attached hydrogen (secondary N) is 1. The minimum Gasteiger partial charge on any atom is -0.368 e. The van der Waals surface area contributed by atoms with Gasteiger partial charge in [-0.05, 0) is 25.3 Å². The third-order valence-corrected chi connectivity index (χ3v) is 4.29. The Balaban J connectivity index is 1.97. The minimum absolute atomic E-state index is 0.295. The average molecular weight is 296 g/mol. The Hall–Kier alpha value is -2.70. The number of anilines is 1. The molecule has 0 radical (unpaired) electrons. The van der Waals surface area contributed by atoms with Crippen molar-refractivity contribution in [3.8, 4) is 0 Å². The maximum absolute atomic E-state index is 11.8. The fourth-order valence-corrected chi connectivity index (χ4v) is 3.26. The Kier molecular flexibility index (Phi) is 2.92. The average Bonchev–Trinajstić information content (AvgIpc) is 3.03. The molecule has 3 aromatic heterocycles. The van der Waals surface area contributed by atoms with Crippen LogP contribution in [0.1, 0.15) is 19.3 Å². The number of piperidine rings is 1. The number of hydrogen-bond donors (Lipinski definition) is 2. The third kappa shape index (κ3) is 1.89. The quantitative estimate of drug-likeness (QED) is 0.743. The van der Waals surface area contributed by atoms with E-state index in [0.717, 1.165) is 47.8 Å². The highest BCUT2D eigenvalue weighted by Gasteiger charge is 2.29. The van der Waals surface area contributed by atoms with Crippen molar-refractivity contribution in [2.24, 2.45) is 5.73 Å². The van der Waals surface area contributed by atoms with Gasteiger partial charge in [-0.1, -0.05) is 0 Å². The summed E-state index contributed by atoms with van der Waals surface area (Å²) in [5.74, 6) is 0.525. The Bertz CT molecular complexity index is 857. The molecule has 0 saturated carbocycles. The molecular formula is C15H16N6O. The second-order valence-corrected chi connectivity index (χ2v) is 5.60. The van der Waals surface area contributed by atoms with Gasteiger partial charge in [-0.15, -0.1) is 0 Å². The fraction of sp³-hybridized carbons (Fsp3) is 0.333. The number of aromatic amines is 1. The molecule has 1 atom stereocenters. The third-order valence-electron chi connectivity index (χ3n) is 4.29. The lowest BCUT2D eigenvalue weighted by Gasteiger charge is -2.35. The maximum Gasteiger partial charge on any atom is 0.240 e. The predicted octanol–water partition coefficient (Wildman–Crippen LogP) is 1.35. The summed E-state index contributed by atoms with van der Waals surface area (Å²) in [7, 11) is 0. The standard InChI is InChI=1S/C15H16N6O/c16-13(22)11-3-1-2-6-21(11)15-12-9(8-19-20-15)7-18-14-10(12)4-5-17-14/h4-5,7-8,11,20H,1-3,6H2,(H2,16,22). The molecule has 4 heterocycles. The van der Waals surface area contributed by atoms with Crippen LogP contribution in [-0.2, 0) is 4.79 Å². The van der Waals surface area contributed by atoms with E-state index in [2.05, 4.69) is 20.2 Å². The van der Waals surface area contributed by atoms with Gasteiger partial charge in [-0.3, -0.25) is 9.89 Å². The molecule has 0 aliphatic carbocycles. The molecule has 0 spiro atoms. The summed E-state index contributed by atoms with van der Waals surface area (Å²) >= 11 is 0. The Morgan fingerprint density at radius 3 is 3.09 bits per heavy atom. The number of amides is 1. The first-order chi connectivity index (χ1) is 10.8. The lowest BCUT2D eigenvalue weighted by atomic mass is 10.0. The first kappa shape index (κ1) is 13.0. The molecular weight excluding hydrogens is 280 g/mol. The van der Waals surface area contributed by atoms with Crippen molar-refractivity contribution < 1.29 is 4.79 Å². The van der Waals surface area contributed by atoms with Gasteiger partial charge in [0.05, 0.1) is 6.20 Å². The van der Waals surface area contributed by atoms with Gasteiger partial charge >= 0.3 is 0 Å². The van der Waals surface area contributed by atoms with Gasteiger partial charge in [0, 0.05) is 35.1 Å². The van der Waals surface area contributed by atoms with Gasteiger partial charge in [-0.2, -0.15) is 5.10 Å². The molecule has 0 bridgehead atoms. The number of nitrogens with zero attached hydrogens (tertiary/aromatic N) is 4. The first-order valence-corrected chi connectivity index (χ1v) is 7.38. The van der Waals surface area contributed by atoms with Crippen molar-refractivity contribution in [2.75, 3.05) is 11.4 Å². The number of aromatic nitrogens is 4.